The molecular formula is C21H25NO4. The molecule has 1 fully saturated rings. The zero-order valence-corrected chi connectivity index (χ0v) is 15.6. The van der Waals surface area contributed by atoms with Crippen molar-refractivity contribution in [2.24, 2.45) is 0 Å². The van der Waals surface area contributed by atoms with Gasteiger partial charge in [-0.25, -0.2) is 4.79 Å². The van der Waals surface area contributed by atoms with E-state index in [1.807, 2.05) is 13.0 Å². The first-order chi connectivity index (χ1) is 12.3. The number of nitrogens with one attached hydrogen (secondary N) is 1. The molecule has 1 aromatic heterocycles. The molecule has 138 valence electrons. The van der Waals surface area contributed by atoms with Crippen LogP contribution in [0.5, 0.6) is 5.75 Å². The quantitative estimate of drug-likeness (QED) is 0.854. The summed E-state index contributed by atoms with van der Waals surface area (Å²) in [6.07, 6.45) is 4.74. The molecule has 0 spiro atoms. The van der Waals surface area contributed by atoms with Crippen molar-refractivity contribution in [1.29, 1.82) is 0 Å². The van der Waals surface area contributed by atoms with E-state index < -0.39 is 0 Å². The maximum atomic E-state index is 12.5. The SMILES string of the molecule is Cc1c(CCC(=O)NC2CC2)c(=O)oc2cc3c(cc12)CCC(C)(C)O3. The number of rotatable bonds is 4. The van der Waals surface area contributed by atoms with Gasteiger partial charge in [-0.15, -0.1) is 0 Å². The summed E-state index contributed by atoms with van der Waals surface area (Å²) in [4.78, 5) is 24.4. The van der Waals surface area contributed by atoms with Crippen LogP contribution in [0.2, 0.25) is 0 Å². The van der Waals surface area contributed by atoms with Gasteiger partial charge in [-0.2, -0.15) is 0 Å². The number of aryl methyl sites for hydroxylation is 2. The largest absolute Gasteiger partial charge is 0.487 e. The van der Waals surface area contributed by atoms with Crippen molar-refractivity contribution in [3.05, 3.63) is 39.2 Å². The maximum Gasteiger partial charge on any atom is 0.339 e. The first-order valence-electron chi connectivity index (χ1n) is 9.40. The Morgan fingerprint density at radius 2 is 2.08 bits per heavy atom. The van der Waals surface area contributed by atoms with E-state index in [9.17, 15) is 9.59 Å². The lowest BCUT2D eigenvalue weighted by Gasteiger charge is -2.32. The Labute approximate surface area is 152 Å². The fraction of sp³-hybridized carbons (Fsp3) is 0.524. The number of ether oxygens (including phenoxy) is 1. The van der Waals surface area contributed by atoms with Crippen molar-refractivity contribution in [3.63, 3.8) is 0 Å². The molecule has 0 bridgehead atoms. The second-order valence-electron chi connectivity index (χ2n) is 8.15. The molecule has 26 heavy (non-hydrogen) atoms. The fourth-order valence-electron chi connectivity index (χ4n) is 3.59. The van der Waals surface area contributed by atoms with Gasteiger partial charge in [0.25, 0.3) is 0 Å². The Morgan fingerprint density at radius 3 is 2.81 bits per heavy atom. The Bertz CT molecular complexity index is 937. The van der Waals surface area contributed by atoms with Gasteiger partial charge in [0.05, 0.1) is 0 Å². The van der Waals surface area contributed by atoms with Crippen molar-refractivity contribution in [2.45, 2.75) is 70.9 Å². The average Bonchev–Trinajstić information content (AvgIpc) is 3.36. The van der Waals surface area contributed by atoms with Crippen LogP contribution >= 0.6 is 0 Å². The van der Waals surface area contributed by atoms with Crippen LogP contribution in [0.4, 0.5) is 0 Å². The highest BCUT2D eigenvalue weighted by atomic mass is 16.5. The van der Waals surface area contributed by atoms with Crippen LogP contribution in [-0.2, 0) is 17.6 Å². The highest BCUT2D eigenvalue weighted by Gasteiger charge is 2.28. The van der Waals surface area contributed by atoms with Gasteiger partial charge in [-0.1, -0.05) is 0 Å². The summed E-state index contributed by atoms with van der Waals surface area (Å²) >= 11 is 0. The van der Waals surface area contributed by atoms with Gasteiger partial charge in [-0.3, -0.25) is 4.79 Å². The number of fused-ring (bicyclic) bond motifs is 2. The third-order valence-corrected chi connectivity index (χ3v) is 5.40. The van der Waals surface area contributed by atoms with E-state index in [2.05, 4.69) is 25.2 Å². The molecule has 0 atom stereocenters. The van der Waals surface area contributed by atoms with E-state index >= 15 is 0 Å². The molecule has 2 aromatic rings. The minimum atomic E-state index is -0.357. The van der Waals surface area contributed by atoms with Gasteiger partial charge in [0, 0.05) is 29.5 Å². The van der Waals surface area contributed by atoms with E-state index in [4.69, 9.17) is 9.15 Å². The number of hydrogen-bond donors (Lipinski definition) is 1. The third kappa shape index (κ3) is 3.35. The van der Waals surface area contributed by atoms with Crippen LogP contribution in [-0.4, -0.2) is 17.6 Å². The monoisotopic (exact) mass is 355 g/mol. The first-order valence-corrected chi connectivity index (χ1v) is 9.40. The Balaban J connectivity index is 1.65. The summed E-state index contributed by atoms with van der Waals surface area (Å²) in [6, 6.07) is 4.25. The van der Waals surface area contributed by atoms with Crippen LogP contribution in [0.1, 0.15) is 56.2 Å². The van der Waals surface area contributed by atoms with Crippen LogP contribution in [0.3, 0.4) is 0 Å². The standard InChI is InChI=1S/C21H25NO4/c1-12-15(6-7-19(23)22-14-4-5-14)20(24)25-18-11-17-13(10-16(12)18)8-9-21(2,3)26-17/h10-11,14H,4-9H2,1-3H3,(H,22,23). The van der Waals surface area contributed by atoms with Crippen molar-refractivity contribution < 1.29 is 13.9 Å². The number of hydrogen-bond acceptors (Lipinski definition) is 4. The minimum Gasteiger partial charge on any atom is -0.487 e. The van der Waals surface area contributed by atoms with Gasteiger partial charge in [-0.05, 0) is 70.1 Å². The molecule has 5 nitrogen and oxygen atoms in total. The predicted octanol–water partition coefficient (Wildman–Crippen LogP) is 3.42. The molecule has 5 heteroatoms. The summed E-state index contributed by atoms with van der Waals surface area (Å²) in [7, 11) is 0. The zero-order chi connectivity index (χ0) is 18.5. The number of benzene rings is 1. The van der Waals surface area contributed by atoms with Crippen molar-refractivity contribution in [2.75, 3.05) is 0 Å². The molecule has 2 heterocycles. The molecule has 1 aliphatic carbocycles. The van der Waals surface area contributed by atoms with Gasteiger partial charge in [0.15, 0.2) is 0 Å². The van der Waals surface area contributed by atoms with E-state index in [0.717, 1.165) is 47.9 Å². The normalized spacial score (nSPS) is 18.3. The molecule has 1 N–H and O–H groups in total. The van der Waals surface area contributed by atoms with Gasteiger partial charge in [0.1, 0.15) is 16.9 Å². The minimum absolute atomic E-state index is 0.00692. The molecule has 1 aromatic carbocycles. The third-order valence-electron chi connectivity index (χ3n) is 5.40. The zero-order valence-electron chi connectivity index (χ0n) is 15.6. The van der Waals surface area contributed by atoms with Crippen LogP contribution in [0.15, 0.2) is 21.3 Å². The summed E-state index contributed by atoms with van der Waals surface area (Å²) in [5.41, 5.74) is 2.64. The topological polar surface area (TPSA) is 68.5 Å². The molecule has 1 saturated carbocycles. The summed E-state index contributed by atoms with van der Waals surface area (Å²) < 4.78 is 11.6. The second-order valence-corrected chi connectivity index (χ2v) is 8.15. The van der Waals surface area contributed by atoms with Crippen molar-refractivity contribution in [1.82, 2.24) is 5.32 Å². The fourth-order valence-corrected chi connectivity index (χ4v) is 3.59. The highest BCUT2D eigenvalue weighted by Crippen LogP contribution is 2.36. The Kier molecular flexibility index (Phi) is 4.05. The Morgan fingerprint density at radius 1 is 1.31 bits per heavy atom. The van der Waals surface area contributed by atoms with E-state index in [-0.39, 0.29) is 17.1 Å². The number of amides is 1. The highest BCUT2D eigenvalue weighted by molar-refractivity contribution is 5.84. The second kappa shape index (κ2) is 6.15. The molecule has 0 saturated heterocycles. The first kappa shape index (κ1) is 17.1. The molecule has 1 amide bonds. The molecule has 0 radical (unpaired) electrons. The van der Waals surface area contributed by atoms with Crippen molar-refractivity contribution in [3.8, 4) is 5.75 Å². The number of carbonyl (C=O) groups excluding carboxylic acids is 1. The summed E-state index contributed by atoms with van der Waals surface area (Å²) in [6.45, 7) is 6.07. The number of carbonyl (C=O) groups is 1. The van der Waals surface area contributed by atoms with Crippen LogP contribution in [0.25, 0.3) is 11.0 Å². The van der Waals surface area contributed by atoms with Crippen molar-refractivity contribution >= 4 is 16.9 Å². The van der Waals surface area contributed by atoms with E-state index in [1.54, 1.807) is 0 Å². The lowest BCUT2D eigenvalue weighted by molar-refractivity contribution is -0.121. The predicted molar refractivity (Wildman–Crippen MR) is 99.7 cm³/mol. The lowest BCUT2D eigenvalue weighted by atomic mass is 9.92. The summed E-state index contributed by atoms with van der Waals surface area (Å²) in [5, 5.41) is 3.90. The lowest BCUT2D eigenvalue weighted by Crippen LogP contribution is -2.32. The Hall–Kier alpha value is -2.30. The van der Waals surface area contributed by atoms with E-state index in [1.165, 1.54) is 0 Å². The molecule has 4 rings (SSSR count). The molecule has 1 aliphatic heterocycles. The molecule has 0 unspecified atom stereocenters. The molecule has 2 aliphatic rings. The maximum absolute atomic E-state index is 12.5. The average molecular weight is 355 g/mol. The van der Waals surface area contributed by atoms with E-state index in [0.29, 0.717) is 30.0 Å². The van der Waals surface area contributed by atoms with Gasteiger partial charge >= 0.3 is 5.63 Å². The smallest absolute Gasteiger partial charge is 0.339 e. The summed E-state index contributed by atoms with van der Waals surface area (Å²) in [5.74, 6) is 0.806. The van der Waals surface area contributed by atoms with Gasteiger partial charge in [0.2, 0.25) is 5.91 Å². The van der Waals surface area contributed by atoms with Crippen LogP contribution < -0.4 is 15.7 Å². The van der Waals surface area contributed by atoms with Gasteiger partial charge < -0.3 is 14.5 Å². The van der Waals surface area contributed by atoms with Crippen LogP contribution in [0, 0.1) is 6.92 Å². The molecular weight excluding hydrogens is 330 g/mol.